The van der Waals surface area contributed by atoms with Gasteiger partial charge in [0.25, 0.3) is 0 Å². The minimum Gasteiger partial charge on any atom is -0.354 e. The maximum atomic E-state index is 12.0. The lowest BCUT2D eigenvalue weighted by Gasteiger charge is -2.25. The third kappa shape index (κ3) is 5.10. The van der Waals surface area contributed by atoms with Crippen LogP contribution in [0.15, 0.2) is 0 Å². The van der Waals surface area contributed by atoms with Crippen LogP contribution in [0.1, 0.15) is 39.0 Å². The Balaban J connectivity index is 0.00000162. The first-order chi connectivity index (χ1) is 8.09. The standard InChI is InChI=1S/C13H25N3O.2ClH/c1-9(16(2)10-6-7-10)8-15-13(17)11-4-3-5-12(11)14;;/h9-12H,3-8,14H2,1-2H3,(H,15,17);2*1H. The van der Waals surface area contributed by atoms with Crippen molar-refractivity contribution in [3.63, 3.8) is 0 Å². The summed E-state index contributed by atoms with van der Waals surface area (Å²) < 4.78 is 0. The van der Waals surface area contributed by atoms with E-state index in [2.05, 4.69) is 24.2 Å². The highest BCUT2D eigenvalue weighted by atomic mass is 35.5. The topological polar surface area (TPSA) is 58.4 Å². The van der Waals surface area contributed by atoms with Crippen LogP contribution in [0.3, 0.4) is 0 Å². The van der Waals surface area contributed by atoms with E-state index in [1.165, 1.54) is 12.8 Å². The van der Waals surface area contributed by atoms with Crippen molar-refractivity contribution >= 4 is 30.7 Å². The van der Waals surface area contributed by atoms with Crippen molar-refractivity contribution in [2.24, 2.45) is 11.7 Å². The van der Waals surface area contributed by atoms with Crippen molar-refractivity contribution in [2.45, 2.75) is 57.2 Å². The number of nitrogens with zero attached hydrogens (tertiary/aromatic N) is 1. The summed E-state index contributed by atoms with van der Waals surface area (Å²) in [6.07, 6.45) is 5.66. The zero-order chi connectivity index (χ0) is 12.4. The maximum absolute atomic E-state index is 12.0. The third-order valence-electron chi connectivity index (χ3n) is 4.30. The van der Waals surface area contributed by atoms with Gasteiger partial charge in [-0.15, -0.1) is 24.8 Å². The highest BCUT2D eigenvalue weighted by Crippen LogP contribution is 2.27. The van der Waals surface area contributed by atoms with E-state index in [1.54, 1.807) is 0 Å². The van der Waals surface area contributed by atoms with Crippen LogP contribution < -0.4 is 11.1 Å². The molecule has 0 aromatic heterocycles. The first kappa shape index (κ1) is 19.0. The second-order valence-corrected chi connectivity index (χ2v) is 5.69. The summed E-state index contributed by atoms with van der Waals surface area (Å²) in [5.41, 5.74) is 5.93. The molecule has 0 spiro atoms. The summed E-state index contributed by atoms with van der Waals surface area (Å²) in [6.45, 7) is 2.92. The molecule has 0 saturated heterocycles. The molecule has 3 N–H and O–H groups in total. The molecule has 3 unspecified atom stereocenters. The van der Waals surface area contributed by atoms with Gasteiger partial charge in [0, 0.05) is 24.7 Å². The van der Waals surface area contributed by atoms with Crippen molar-refractivity contribution in [1.82, 2.24) is 10.2 Å². The van der Waals surface area contributed by atoms with Gasteiger partial charge in [-0.1, -0.05) is 6.42 Å². The number of likely N-dealkylation sites (N-methyl/N-ethyl adjacent to an activating group) is 1. The summed E-state index contributed by atoms with van der Waals surface area (Å²) in [5, 5.41) is 3.06. The number of rotatable bonds is 5. The average Bonchev–Trinajstić information content (AvgIpc) is 3.07. The summed E-state index contributed by atoms with van der Waals surface area (Å²) in [5.74, 6) is 0.208. The molecule has 0 aromatic rings. The Morgan fingerprint density at radius 3 is 2.42 bits per heavy atom. The average molecular weight is 312 g/mol. The summed E-state index contributed by atoms with van der Waals surface area (Å²) in [7, 11) is 2.15. The van der Waals surface area contributed by atoms with Crippen LogP contribution in [-0.2, 0) is 4.79 Å². The molecule has 2 aliphatic rings. The number of halogens is 2. The van der Waals surface area contributed by atoms with Gasteiger partial charge in [-0.05, 0) is 39.7 Å². The van der Waals surface area contributed by atoms with Crippen molar-refractivity contribution in [2.75, 3.05) is 13.6 Å². The molecule has 1 amide bonds. The first-order valence-electron chi connectivity index (χ1n) is 6.85. The molecule has 2 aliphatic carbocycles. The second kappa shape index (κ2) is 8.30. The van der Waals surface area contributed by atoms with E-state index in [4.69, 9.17) is 5.73 Å². The Hall–Kier alpha value is -0.0300. The van der Waals surface area contributed by atoms with Crippen LogP contribution in [0.2, 0.25) is 0 Å². The van der Waals surface area contributed by atoms with Crippen LogP contribution in [0.25, 0.3) is 0 Å². The predicted molar refractivity (Wildman–Crippen MR) is 83.1 cm³/mol. The molecule has 6 heteroatoms. The van der Waals surface area contributed by atoms with E-state index in [9.17, 15) is 4.79 Å². The van der Waals surface area contributed by atoms with Gasteiger partial charge in [-0.2, -0.15) is 0 Å². The van der Waals surface area contributed by atoms with Gasteiger partial charge in [0.15, 0.2) is 0 Å². The van der Waals surface area contributed by atoms with Gasteiger partial charge in [0.05, 0.1) is 5.92 Å². The van der Waals surface area contributed by atoms with Gasteiger partial charge in [0.1, 0.15) is 0 Å². The number of nitrogens with one attached hydrogen (secondary N) is 1. The number of amides is 1. The molecule has 3 atom stereocenters. The second-order valence-electron chi connectivity index (χ2n) is 5.69. The minimum absolute atomic E-state index is 0. The SMILES string of the molecule is CC(CNC(=O)C1CCCC1N)N(C)C1CC1.Cl.Cl. The highest BCUT2D eigenvalue weighted by Gasteiger charge is 2.32. The van der Waals surface area contributed by atoms with E-state index >= 15 is 0 Å². The Labute approximate surface area is 128 Å². The quantitative estimate of drug-likeness (QED) is 0.810. The highest BCUT2D eigenvalue weighted by molar-refractivity contribution is 5.85. The molecule has 2 fully saturated rings. The number of carbonyl (C=O) groups is 1. The van der Waals surface area contributed by atoms with Crippen LogP contribution in [0.4, 0.5) is 0 Å². The minimum atomic E-state index is 0. The van der Waals surface area contributed by atoms with Gasteiger partial charge >= 0.3 is 0 Å². The summed E-state index contributed by atoms with van der Waals surface area (Å²) in [6, 6.07) is 1.24. The molecule has 2 rings (SSSR count). The van der Waals surface area contributed by atoms with Gasteiger partial charge in [0.2, 0.25) is 5.91 Å². The largest absolute Gasteiger partial charge is 0.354 e. The van der Waals surface area contributed by atoms with Crippen LogP contribution in [-0.4, -0.2) is 42.5 Å². The van der Waals surface area contributed by atoms with Crippen LogP contribution >= 0.6 is 24.8 Å². The van der Waals surface area contributed by atoms with Crippen molar-refractivity contribution in [1.29, 1.82) is 0 Å². The lowest BCUT2D eigenvalue weighted by atomic mass is 10.0. The summed E-state index contributed by atoms with van der Waals surface area (Å²) >= 11 is 0. The molecule has 4 nitrogen and oxygen atoms in total. The molecule has 19 heavy (non-hydrogen) atoms. The fraction of sp³-hybridized carbons (Fsp3) is 0.923. The number of hydrogen-bond donors (Lipinski definition) is 2. The summed E-state index contributed by atoms with van der Waals surface area (Å²) in [4.78, 5) is 14.3. The first-order valence-corrected chi connectivity index (χ1v) is 6.85. The monoisotopic (exact) mass is 311 g/mol. The molecule has 0 aromatic carbocycles. The number of nitrogens with two attached hydrogens (primary N) is 1. The van der Waals surface area contributed by atoms with E-state index in [-0.39, 0.29) is 42.7 Å². The van der Waals surface area contributed by atoms with E-state index < -0.39 is 0 Å². The molecular formula is C13H27Cl2N3O. The molecule has 0 radical (unpaired) electrons. The van der Waals surface area contributed by atoms with Crippen molar-refractivity contribution in [3.8, 4) is 0 Å². The van der Waals surface area contributed by atoms with E-state index in [0.717, 1.165) is 31.8 Å². The third-order valence-corrected chi connectivity index (χ3v) is 4.30. The van der Waals surface area contributed by atoms with E-state index in [0.29, 0.717) is 6.04 Å². The fourth-order valence-corrected chi connectivity index (χ4v) is 2.68. The zero-order valence-corrected chi connectivity index (χ0v) is 13.4. The van der Waals surface area contributed by atoms with Gasteiger partial charge in [-0.3, -0.25) is 9.69 Å². The van der Waals surface area contributed by atoms with Crippen LogP contribution in [0, 0.1) is 5.92 Å². The Morgan fingerprint density at radius 1 is 1.32 bits per heavy atom. The van der Waals surface area contributed by atoms with Crippen LogP contribution in [0.5, 0.6) is 0 Å². The lowest BCUT2D eigenvalue weighted by Crippen LogP contribution is -2.45. The van der Waals surface area contributed by atoms with E-state index in [1.807, 2.05) is 0 Å². The Bertz CT molecular complexity index is 287. The maximum Gasteiger partial charge on any atom is 0.224 e. The number of hydrogen-bond acceptors (Lipinski definition) is 3. The number of carbonyl (C=O) groups excluding carboxylic acids is 1. The Kier molecular flexibility index (Phi) is 8.29. The normalized spacial score (nSPS) is 27.4. The van der Waals surface area contributed by atoms with Crippen molar-refractivity contribution < 1.29 is 4.79 Å². The van der Waals surface area contributed by atoms with Gasteiger partial charge < -0.3 is 11.1 Å². The lowest BCUT2D eigenvalue weighted by molar-refractivity contribution is -0.125. The zero-order valence-electron chi connectivity index (χ0n) is 11.8. The fourth-order valence-electron chi connectivity index (χ4n) is 2.68. The Morgan fingerprint density at radius 2 is 1.95 bits per heavy atom. The molecule has 2 saturated carbocycles. The van der Waals surface area contributed by atoms with Crippen molar-refractivity contribution in [3.05, 3.63) is 0 Å². The molecule has 0 heterocycles. The smallest absolute Gasteiger partial charge is 0.224 e. The predicted octanol–water partition coefficient (Wildman–Crippen LogP) is 1.56. The molecule has 114 valence electrons. The molecular weight excluding hydrogens is 285 g/mol. The molecule has 0 aliphatic heterocycles. The molecule has 0 bridgehead atoms. The van der Waals surface area contributed by atoms with Gasteiger partial charge in [-0.25, -0.2) is 0 Å².